The van der Waals surface area contributed by atoms with Gasteiger partial charge in [-0.15, -0.1) is 0 Å². The predicted molar refractivity (Wildman–Crippen MR) is 324 cm³/mol. The van der Waals surface area contributed by atoms with Crippen LogP contribution in [-0.2, 0) is 32.7 Å². The van der Waals surface area contributed by atoms with E-state index in [9.17, 15) is 19.0 Å². The molecule has 0 aromatic carbocycles. The zero-order chi connectivity index (χ0) is 55.6. The number of nitrogens with zero attached hydrogens (tertiary/aromatic N) is 1. The van der Waals surface area contributed by atoms with Crippen LogP contribution in [0.3, 0.4) is 0 Å². The molecule has 0 saturated heterocycles. The summed E-state index contributed by atoms with van der Waals surface area (Å²) in [4.78, 5) is 38.0. The number of phosphoric ester groups is 1. The fourth-order valence-corrected chi connectivity index (χ4v) is 11.2. The molecule has 454 valence electrons. The first kappa shape index (κ1) is 75.0. The molecule has 2 atom stereocenters. The molecular formula is C66H132NO8P. The van der Waals surface area contributed by atoms with Crippen LogP contribution in [0.4, 0.5) is 0 Å². The summed E-state index contributed by atoms with van der Waals surface area (Å²) in [5.74, 6) is -0.804. The Morgan fingerprint density at radius 3 is 0.842 bits per heavy atom. The van der Waals surface area contributed by atoms with Crippen molar-refractivity contribution in [2.24, 2.45) is 0 Å². The van der Waals surface area contributed by atoms with Crippen LogP contribution in [0, 0.1) is 0 Å². The molecule has 0 aliphatic rings. The zero-order valence-corrected chi connectivity index (χ0v) is 52.6. The van der Waals surface area contributed by atoms with E-state index in [1.54, 1.807) is 0 Å². The molecule has 76 heavy (non-hydrogen) atoms. The second-order valence-electron chi connectivity index (χ2n) is 24.6. The molecule has 10 heteroatoms. The van der Waals surface area contributed by atoms with Crippen molar-refractivity contribution in [3.63, 3.8) is 0 Å². The number of hydrogen-bond acceptors (Lipinski definition) is 8. The van der Waals surface area contributed by atoms with Crippen LogP contribution in [0.5, 0.6) is 0 Å². The molecule has 0 rings (SSSR count). The molecule has 0 fully saturated rings. The first-order chi connectivity index (χ1) is 37.0. The molecule has 0 aromatic rings. The van der Waals surface area contributed by atoms with Gasteiger partial charge in [0, 0.05) is 12.8 Å². The van der Waals surface area contributed by atoms with Gasteiger partial charge in [0.15, 0.2) is 6.10 Å². The van der Waals surface area contributed by atoms with Gasteiger partial charge in [-0.3, -0.25) is 14.2 Å². The van der Waals surface area contributed by atoms with Crippen LogP contribution < -0.4 is 4.89 Å². The summed E-state index contributed by atoms with van der Waals surface area (Å²) >= 11 is 0. The molecule has 0 radical (unpaired) electrons. The van der Waals surface area contributed by atoms with Crippen LogP contribution in [0.2, 0.25) is 0 Å². The monoisotopic (exact) mass is 1100 g/mol. The first-order valence-electron chi connectivity index (χ1n) is 33.7. The number of carbonyl (C=O) groups is 2. The lowest BCUT2D eigenvalue weighted by Gasteiger charge is -2.28. The molecule has 0 heterocycles. The fraction of sp³-hybridized carbons (Fsp3) is 0.970. The third-order valence-corrected chi connectivity index (χ3v) is 16.6. The standard InChI is InChI=1S/C66H132NO8P/c1-6-8-10-12-14-16-18-20-22-24-26-28-30-32-34-36-38-40-42-44-46-48-50-52-54-56-58-65(68)72-62-64(63-74-76(70,71)73-61-60-67(3,4)5)75-66(69)59-57-55-53-51-49-47-45-43-41-39-37-35-33-31-29-27-25-23-21-19-17-15-13-11-9-7-2/h64H,6-63H2,1-5H3. The van der Waals surface area contributed by atoms with Crippen LogP contribution in [0.1, 0.15) is 361 Å². The topological polar surface area (TPSA) is 111 Å². The van der Waals surface area contributed by atoms with Gasteiger partial charge < -0.3 is 27.9 Å². The minimum atomic E-state index is -4.63. The van der Waals surface area contributed by atoms with Gasteiger partial charge in [0.2, 0.25) is 0 Å². The highest BCUT2D eigenvalue weighted by molar-refractivity contribution is 7.45. The Bertz CT molecular complexity index is 1240. The maximum atomic E-state index is 12.8. The molecule has 9 nitrogen and oxygen atoms in total. The molecule has 0 saturated carbocycles. The smallest absolute Gasteiger partial charge is 0.306 e. The quantitative estimate of drug-likeness (QED) is 0.0256. The zero-order valence-electron chi connectivity index (χ0n) is 51.7. The molecule has 0 aromatic heterocycles. The van der Waals surface area contributed by atoms with E-state index in [0.29, 0.717) is 17.4 Å². The van der Waals surface area contributed by atoms with Gasteiger partial charge in [0.1, 0.15) is 19.8 Å². The lowest BCUT2D eigenvalue weighted by atomic mass is 10.0. The summed E-state index contributed by atoms with van der Waals surface area (Å²) in [5, 5.41) is 0. The minimum Gasteiger partial charge on any atom is -0.756 e. The van der Waals surface area contributed by atoms with Crippen molar-refractivity contribution < 1.29 is 42.1 Å². The van der Waals surface area contributed by atoms with Crippen LogP contribution in [-0.4, -0.2) is 70.0 Å². The van der Waals surface area contributed by atoms with Gasteiger partial charge in [-0.1, -0.05) is 335 Å². The first-order valence-corrected chi connectivity index (χ1v) is 35.2. The molecule has 2 unspecified atom stereocenters. The average Bonchev–Trinajstić information content (AvgIpc) is 3.38. The maximum absolute atomic E-state index is 12.8. The molecule has 0 aliphatic carbocycles. The summed E-state index contributed by atoms with van der Waals surface area (Å²) in [7, 11) is 1.20. The second-order valence-corrected chi connectivity index (χ2v) is 26.0. The van der Waals surface area contributed by atoms with Gasteiger partial charge in [0.25, 0.3) is 7.82 Å². The van der Waals surface area contributed by atoms with Crippen molar-refractivity contribution >= 4 is 19.8 Å². The number of ether oxygens (including phenoxy) is 2. The summed E-state index contributed by atoms with van der Waals surface area (Å²) in [6, 6.07) is 0. The van der Waals surface area contributed by atoms with E-state index in [1.807, 2.05) is 21.1 Å². The third kappa shape index (κ3) is 62.2. The molecule has 0 amide bonds. The van der Waals surface area contributed by atoms with Crippen molar-refractivity contribution in [1.29, 1.82) is 0 Å². The Morgan fingerprint density at radius 2 is 0.592 bits per heavy atom. The highest BCUT2D eigenvalue weighted by Gasteiger charge is 2.22. The third-order valence-electron chi connectivity index (χ3n) is 15.6. The van der Waals surface area contributed by atoms with Crippen LogP contribution in [0.15, 0.2) is 0 Å². The number of likely N-dealkylation sites (N-methyl/N-ethyl adjacent to an activating group) is 1. The summed E-state index contributed by atoms with van der Waals surface area (Å²) in [6.07, 6.45) is 68.9. The van der Waals surface area contributed by atoms with Gasteiger partial charge >= 0.3 is 11.9 Å². The Hall–Kier alpha value is -0.990. The number of carbonyl (C=O) groups excluding carboxylic acids is 2. The van der Waals surface area contributed by atoms with E-state index in [2.05, 4.69) is 13.8 Å². The average molecular weight is 1100 g/mol. The largest absolute Gasteiger partial charge is 0.756 e. The lowest BCUT2D eigenvalue weighted by Crippen LogP contribution is -2.37. The van der Waals surface area contributed by atoms with E-state index in [4.69, 9.17) is 18.5 Å². The predicted octanol–water partition coefficient (Wildman–Crippen LogP) is 20.8. The Labute approximate surface area is 474 Å². The maximum Gasteiger partial charge on any atom is 0.306 e. The Balaban J connectivity index is 4.00. The number of esters is 2. The summed E-state index contributed by atoms with van der Waals surface area (Å²) < 4.78 is 34.3. The van der Waals surface area contributed by atoms with E-state index < -0.39 is 26.5 Å². The molecule has 0 bridgehead atoms. The second kappa shape index (κ2) is 58.7. The van der Waals surface area contributed by atoms with Crippen molar-refractivity contribution in [3.05, 3.63) is 0 Å². The van der Waals surface area contributed by atoms with Crippen LogP contribution >= 0.6 is 7.82 Å². The SMILES string of the molecule is CCCCCCCCCCCCCCCCCCCCCCCCCCCCC(=O)OCC(COP(=O)([O-])OCC[N+](C)(C)C)OC(=O)CCCCCCCCCCCCCCCCCCCCCCCCCCCC. The van der Waals surface area contributed by atoms with E-state index in [1.165, 1.54) is 295 Å². The highest BCUT2D eigenvalue weighted by Crippen LogP contribution is 2.38. The highest BCUT2D eigenvalue weighted by atomic mass is 31.2. The minimum absolute atomic E-state index is 0.0248. The van der Waals surface area contributed by atoms with E-state index >= 15 is 0 Å². The Kier molecular flexibility index (Phi) is 57.9. The number of hydrogen-bond donors (Lipinski definition) is 0. The van der Waals surface area contributed by atoms with E-state index in [-0.39, 0.29) is 32.0 Å². The molecule has 0 N–H and O–H groups in total. The van der Waals surface area contributed by atoms with E-state index in [0.717, 1.165) is 32.1 Å². The van der Waals surface area contributed by atoms with Crippen molar-refractivity contribution in [2.45, 2.75) is 367 Å². The summed E-state index contributed by atoms with van der Waals surface area (Å²) in [5.41, 5.74) is 0. The lowest BCUT2D eigenvalue weighted by molar-refractivity contribution is -0.870. The number of unbranched alkanes of at least 4 members (excludes halogenated alkanes) is 50. The summed E-state index contributed by atoms with van der Waals surface area (Å²) in [6.45, 7) is 4.33. The van der Waals surface area contributed by atoms with Gasteiger partial charge in [-0.05, 0) is 12.8 Å². The van der Waals surface area contributed by atoms with Crippen molar-refractivity contribution in [1.82, 2.24) is 0 Å². The Morgan fingerprint density at radius 1 is 0.355 bits per heavy atom. The molecular weight excluding hydrogens is 966 g/mol. The molecule has 0 aliphatic heterocycles. The molecule has 0 spiro atoms. The number of quaternary nitrogens is 1. The van der Waals surface area contributed by atoms with Crippen molar-refractivity contribution in [2.75, 3.05) is 47.5 Å². The fourth-order valence-electron chi connectivity index (χ4n) is 10.4. The van der Waals surface area contributed by atoms with Gasteiger partial charge in [-0.2, -0.15) is 0 Å². The normalized spacial score (nSPS) is 13.1. The number of rotatable bonds is 64. The van der Waals surface area contributed by atoms with Gasteiger partial charge in [0.05, 0.1) is 27.7 Å². The number of phosphoric acid groups is 1. The van der Waals surface area contributed by atoms with Crippen LogP contribution in [0.25, 0.3) is 0 Å². The van der Waals surface area contributed by atoms with Crippen molar-refractivity contribution in [3.8, 4) is 0 Å². The van der Waals surface area contributed by atoms with Gasteiger partial charge in [-0.25, -0.2) is 0 Å².